The number of nitrogens with one attached hydrogen (secondary N) is 2. The number of carbonyl (C=O) groups excluding carboxylic acids is 4. The van der Waals surface area contributed by atoms with E-state index in [0.717, 1.165) is 4.90 Å². The predicted octanol–water partition coefficient (Wildman–Crippen LogP) is 2.15. The zero-order chi connectivity index (χ0) is 20.4. The second-order valence-electron chi connectivity index (χ2n) is 6.33. The number of fused-ring (bicyclic) bond motifs is 1. The first-order valence-electron chi connectivity index (χ1n) is 8.73. The Kier molecular flexibility index (Phi) is 4.66. The van der Waals surface area contributed by atoms with Crippen LogP contribution in [0.3, 0.4) is 0 Å². The zero-order valence-electron chi connectivity index (χ0n) is 15.0. The second kappa shape index (κ2) is 7.43. The molecule has 144 valence electrons. The second-order valence-corrected chi connectivity index (χ2v) is 6.33. The molecule has 0 spiro atoms. The highest BCUT2D eigenvalue weighted by molar-refractivity contribution is 6.21. The zero-order valence-corrected chi connectivity index (χ0v) is 15.0. The molecule has 2 heterocycles. The van der Waals surface area contributed by atoms with Crippen molar-refractivity contribution in [2.24, 2.45) is 0 Å². The molecule has 1 aliphatic heterocycles. The summed E-state index contributed by atoms with van der Waals surface area (Å²) in [5.74, 6) is -1.82. The predicted molar refractivity (Wildman–Crippen MR) is 101 cm³/mol. The van der Waals surface area contributed by atoms with Crippen molar-refractivity contribution >= 4 is 23.6 Å². The molecular formula is C21H15N3O5. The van der Waals surface area contributed by atoms with Gasteiger partial charge in [-0.1, -0.05) is 24.3 Å². The Hall–Kier alpha value is -4.20. The molecule has 4 rings (SSSR count). The summed E-state index contributed by atoms with van der Waals surface area (Å²) < 4.78 is 4.94. The Bertz CT molecular complexity index is 1090. The lowest BCUT2D eigenvalue weighted by atomic mass is 10.1. The fourth-order valence-corrected chi connectivity index (χ4v) is 3.03. The molecule has 3 aromatic rings. The first-order chi connectivity index (χ1) is 14.0. The summed E-state index contributed by atoms with van der Waals surface area (Å²) in [6, 6.07) is 16.1. The molecule has 0 aliphatic carbocycles. The Morgan fingerprint density at radius 1 is 0.828 bits per heavy atom. The summed E-state index contributed by atoms with van der Waals surface area (Å²) in [6.45, 7) is 0.0339. The van der Waals surface area contributed by atoms with E-state index in [9.17, 15) is 19.2 Å². The molecule has 1 aliphatic rings. The summed E-state index contributed by atoms with van der Waals surface area (Å²) in [7, 11) is 0. The molecular weight excluding hydrogens is 374 g/mol. The molecule has 2 N–H and O–H groups in total. The van der Waals surface area contributed by atoms with Gasteiger partial charge in [-0.05, 0) is 42.0 Å². The third-order valence-corrected chi connectivity index (χ3v) is 4.44. The van der Waals surface area contributed by atoms with Gasteiger partial charge < -0.3 is 4.42 Å². The van der Waals surface area contributed by atoms with E-state index in [0.29, 0.717) is 16.7 Å². The molecule has 4 amide bonds. The summed E-state index contributed by atoms with van der Waals surface area (Å²) >= 11 is 0. The topological polar surface area (TPSA) is 109 Å². The van der Waals surface area contributed by atoms with Gasteiger partial charge in [-0.3, -0.25) is 34.9 Å². The van der Waals surface area contributed by atoms with Crippen LogP contribution in [0, 0.1) is 0 Å². The number of furan rings is 1. The van der Waals surface area contributed by atoms with Crippen molar-refractivity contribution in [2.75, 3.05) is 0 Å². The standard InChI is InChI=1S/C21H15N3O5/c25-18(22-23-19(26)17-9-4-10-29-17)14-6-3-5-13(11-14)12-24-20(27)15-7-1-2-8-16(15)21(24)28/h1-11H,12H2,(H,22,25)(H,23,26). The number of nitrogens with zero attached hydrogens (tertiary/aromatic N) is 1. The van der Waals surface area contributed by atoms with Crippen LogP contribution in [-0.4, -0.2) is 28.5 Å². The van der Waals surface area contributed by atoms with Crippen LogP contribution in [0.5, 0.6) is 0 Å². The number of imide groups is 1. The highest BCUT2D eigenvalue weighted by atomic mass is 16.3. The number of rotatable bonds is 4. The van der Waals surface area contributed by atoms with E-state index in [4.69, 9.17) is 4.42 Å². The van der Waals surface area contributed by atoms with Crippen LogP contribution in [0.15, 0.2) is 71.3 Å². The summed E-state index contributed by atoms with van der Waals surface area (Å²) in [4.78, 5) is 50.2. The van der Waals surface area contributed by atoms with Crippen LogP contribution in [0.4, 0.5) is 0 Å². The van der Waals surface area contributed by atoms with E-state index in [1.54, 1.807) is 54.6 Å². The van der Waals surface area contributed by atoms with E-state index < -0.39 is 11.8 Å². The van der Waals surface area contributed by atoms with Gasteiger partial charge in [0.15, 0.2) is 5.76 Å². The first kappa shape index (κ1) is 18.2. The first-order valence-corrected chi connectivity index (χ1v) is 8.73. The van der Waals surface area contributed by atoms with Gasteiger partial charge in [0.25, 0.3) is 17.7 Å². The van der Waals surface area contributed by atoms with Gasteiger partial charge in [-0.15, -0.1) is 0 Å². The number of hydrogen-bond acceptors (Lipinski definition) is 5. The lowest BCUT2D eigenvalue weighted by molar-refractivity contribution is 0.0642. The van der Waals surface area contributed by atoms with Crippen LogP contribution in [0.1, 0.15) is 47.2 Å². The third kappa shape index (κ3) is 3.51. The molecule has 0 radical (unpaired) electrons. The van der Waals surface area contributed by atoms with Crippen molar-refractivity contribution in [1.29, 1.82) is 0 Å². The third-order valence-electron chi connectivity index (χ3n) is 4.44. The number of amides is 4. The lowest BCUT2D eigenvalue weighted by Gasteiger charge is -2.14. The number of benzene rings is 2. The van der Waals surface area contributed by atoms with Crippen molar-refractivity contribution in [1.82, 2.24) is 15.8 Å². The minimum Gasteiger partial charge on any atom is -0.459 e. The molecule has 0 unspecified atom stereocenters. The fourth-order valence-electron chi connectivity index (χ4n) is 3.03. The summed E-state index contributed by atoms with van der Waals surface area (Å²) in [5, 5.41) is 0. The van der Waals surface area contributed by atoms with Crippen molar-refractivity contribution in [3.05, 3.63) is 94.9 Å². The van der Waals surface area contributed by atoms with E-state index in [-0.39, 0.29) is 29.7 Å². The monoisotopic (exact) mass is 389 g/mol. The highest BCUT2D eigenvalue weighted by Gasteiger charge is 2.34. The maximum atomic E-state index is 12.5. The molecule has 2 aromatic carbocycles. The minimum absolute atomic E-state index is 0.0339. The Morgan fingerprint density at radius 3 is 2.17 bits per heavy atom. The molecule has 0 atom stereocenters. The molecule has 0 saturated carbocycles. The van der Waals surface area contributed by atoms with Crippen LogP contribution in [-0.2, 0) is 6.54 Å². The summed E-state index contributed by atoms with van der Waals surface area (Å²) in [6.07, 6.45) is 1.35. The van der Waals surface area contributed by atoms with Crippen molar-refractivity contribution in [2.45, 2.75) is 6.54 Å². The molecule has 0 bridgehead atoms. The van der Waals surface area contributed by atoms with E-state index in [1.807, 2.05) is 0 Å². The number of carbonyl (C=O) groups is 4. The molecule has 1 aromatic heterocycles. The SMILES string of the molecule is O=C(NNC(=O)c1ccco1)c1cccc(CN2C(=O)c3ccccc3C2=O)c1. The smallest absolute Gasteiger partial charge is 0.305 e. The van der Waals surface area contributed by atoms with E-state index >= 15 is 0 Å². The van der Waals surface area contributed by atoms with Crippen LogP contribution in [0.25, 0.3) is 0 Å². The van der Waals surface area contributed by atoms with Crippen molar-refractivity contribution < 1.29 is 23.6 Å². The Labute approximate surface area is 165 Å². The van der Waals surface area contributed by atoms with Gasteiger partial charge in [-0.2, -0.15) is 0 Å². The van der Waals surface area contributed by atoms with E-state index in [1.165, 1.54) is 12.3 Å². The normalized spacial score (nSPS) is 12.6. The van der Waals surface area contributed by atoms with Gasteiger partial charge in [-0.25, -0.2) is 0 Å². The lowest BCUT2D eigenvalue weighted by Crippen LogP contribution is -2.41. The molecule has 8 nitrogen and oxygen atoms in total. The van der Waals surface area contributed by atoms with Gasteiger partial charge in [0.2, 0.25) is 0 Å². The molecule has 0 saturated heterocycles. The van der Waals surface area contributed by atoms with Crippen molar-refractivity contribution in [3.63, 3.8) is 0 Å². The molecule has 8 heteroatoms. The van der Waals surface area contributed by atoms with Gasteiger partial charge in [0.1, 0.15) is 0 Å². The molecule has 0 fully saturated rings. The number of hydrazine groups is 1. The molecule has 29 heavy (non-hydrogen) atoms. The van der Waals surface area contributed by atoms with Crippen LogP contribution in [0.2, 0.25) is 0 Å². The quantitative estimate of drug-likeness (QED) is 0.525. The van der Waals surface area contributed by atoms with Crippen molar-refractivity contribution in [3.8, 4) is 0 Å². The Morgan fingerprint density at radius 2 is 1.52 bits per heavy atom. The average Bonchev–Trinajstić information content (AvgIpc) is 3.36. The van der Waals surface area contributed by atoms with Gasteiger partial charge in [0, 0.05) is 5.56 Å². The van der Waals surface area contributed by atoms with Gasteiger partial charge >= 0.3 is 5.91 Å². The maximum Gasteiger partial charge on any atom is 0.305 e. The summed E-state index contributed by atoms with van der Waals surface area (Å²) in [5.41, 5.74) is 6.14. The largest absolute Gasteiger partial charge is 0.459 e. The van der Waals surface area contributed by atoms with Crippen LogP contribution < -0.4 is 10.9 Å². The highest BCUT2D eigenvalue weighted by Crippen LogP contribution is 2.24. The Balaban J connectivity index is 1.44. The van der Waals surface area contributed by atoms with Gasteiger partial charge in [0.05, 0.1) is 23.9 Å². The average molecular weight is 389 g/mol. The van der Waals surface area contributed by atoms with Crippen LogP contribution >= 0.6 is 0 Å². The fraction of sp³-hybridized carbons (Fsp3) is 0.0476. The number of hydrogen-bond donors (Lipinski definition) is 2. The minimum atomic E-state index is -0.592. The maximum absolute atomic E-state index is 12.5. The van der Waals surface area contributed by atoms with E-state index in [2.05, 4.69) is 10.9 Å².